The van der Waals surface area contributed by atoms with Crippen LogP contribution in [0.25, 0.3) is 0 Å². The lowest BCUT2D eigenvalue weighted by atomic mass is 9.97. The highest BCUT2D eigenvalue weighted by atomic mass is 16.8. The number of methoxy groups -OCH3 is 1. The molecule has 2 N–H and O–H groups in total. The summed E-state index contributed by atoms with van der Waals surface area (Å²) in [6.07, 6.45) is -16.0. The van der Waals surface area contributed by atoms with Crippen molar-refractivity contribution in [3.05, 3.63) is 0 Å². The van der Waals surface area contributed by atoms with Gasteiger partial charge in [-0.2, -0.15) is 0 Å². The lowest BCUT2D eigenvalue weighted by Crippen LogP contribution is -2.65. The SMILES string of the molecule is COC(=O)[C@H]1O[C@@H](OC[C@H]2O[C@@H](ON)[C@H](OC(C)=O)[C@@H](OC(C)=O)[C@H]2OC(C)=O)[C@H](OC(C)=O)[C@@H](OC(C)=O)[C@@H]1OC(C)=O. The Morgan fingerprint density at radius 3 is 1.36 bits per heavy atom. The van der Waals surface area contributed by atoms with E-state index in [1.807, 2.05) is 0 Å². The quantitative estimate of drug-likeness (QED) is 0.148. The highest BCUT2D eigenvalue weighted by Crippen LogP contribution is 2.33. The third kappa shape index (κ3) is 9.81. The monoisotopic (exact) mass is 637 g/mol. The molecule has 0 aliphatic carbocycles. The number of rotatable bonds is 11. The lowest BCUT2D eigenvalue weighted by molar-refractivity contribution is -0.332. The van der Waals surface area contributed by atoms with Gasteiger partial charge in [0.1, 0.15) is 6.10 Å². The van der Waals surface area contributed by atoms with Gasteiger partial charge in [0, 0.05) is 41.5 Å². The Kier molecular flexibility index (Phi) is 13.4. The van der Waals surface area contributed by atoms with Crippen LogP contribution in [0, 0.1) is 0 Å². The largest absolute Gasteiger partial charge is 0.467 e. The molecule has 2 saturated heterocycles. The number of carbonyl (C=O) groups excluding carboxylic acids is 7. The fraction of sp³-hybridized carbons (Fsp3) is 0.720. The van der Waals surface area contributed by atoms with Crippen LogP contribution in [0.15, 0.2) is 0 Å². The Morgan fingerprint density at radius 2 is 0.932 bits per heavy atom. The van der Waals surface area contributed by atoms with Crippen LogP contribution in [-0.4, -0.2) is 117 Å². The zero-order valence-electron chi connectivity index (χ0n) is 24.9. The van der Waals surface area contributed by atoms with E-state index in [0.29, 0.717) is 0 Å². The zero-order chi connectivity index (χ0) is 33.3. The van der Waals surface area contributed by atoms with E-state index in [4.69, 9.17) is 58.1 Å². The zero-order valence-corrected chi connectivity index (χ0v) is 24.9. The summed E-state index contributed by atoms with van der Waals surface area (Å²) in [6, 6.07) is 0. The molecule has 10 atom stereocenters. The van der Waals surface area contributed by atoms with E-state index in [9.17, 15) is 33.6 Å². The first-order chi connectivity index (χ1) is 20.6. The van der Waals surface area contributed by atoms with Gasteiger partial charge in [0.25, 0.3) is 0 Å². The summed E-state index contributed by atoms with van der Waals surface area (Å²) in [5.41, 5.74) is 0. The van der Waals surface area contributed by atoms with E-state index in [1.54, 1.807) is 0 Å². The highest BCUT2D eigenvalue weighted by molar-refractivity contribution is 5.77. The van der Waals surface area contributed by atoms with Gasteiger partial charge < -0.3 is 47.4 Å². The van der Waals surface area contributed by atoms with Crippen molar-refractivity contribution in [1.82, 2.24) is 0 Å². The summed E-state index contributed by atoms with van der Waals surface area (Å²) in [7, 11) is 1.01. The third-order valence-corrected chi connectivity index (χ3v) is 5.89. The number of carbonyl (C=O) groups is 7. The second-order valence-corrected chi connectivity index (χ2v) is 9.40. The van der Waals surface area contributed by atoms with Crippen molar-refractivity contribution in [2.24, 2.45) is 5.90 Å². The van der Waals surface area contributed by atoms with E-state index in [1.165, 1.54) is 0 Å². The number of esters is 7. The predicted molar refractivity (Wildman–Crippen MR) is 134 cm³/mol. The van der Waals surface area contributed by atoms with Gasteiger partial charge in [-0.25, -0.2) is 10.7 Å². The topological polar surface area (TPSA) is 247 Å². The van der Waals surface area contributed by atoms with Crippen LogP contribution in [0.3, 0.4) is 0 Å². The average Bonchev–Trinajstić information content (AvgIpc) is 2.90. The molecular weight excluding hydrogens is 602 g/mol. The van der Waals surface area contributed by atoms with Crippen molar-refractivity contribution in [2.75, 3.05) is 13.7 Å². The molecule has 2 aliphatic rings. The average molecular weight is 638 g/mol. The summed E-state index contributed by atoms with van der Waals surface area (Å²) in [6.45, 7) is 5.49. The number of ether oxygens (including phenoxy) is 10. The molecule has 0 unspecified atom stereocenters. The van der Waals surface area contributed by atoms with Crippen LogP contribution in [0.2, 0.25) is 0 Å². The molecule has 0 aromatic heterocycles. The standard InChI is InChI=1S/C25H35NO18/c1-9(27)36-16-15(42-25(44-26)22(41-14(6)32)17(16)37-10(2)28)8-35-24-21(40-13(5)31)19(39-12(4)30)18(38-11(3)29)20(43-24)23(33)34-7/h15-22,24-25H,8,26H2,1-7H3/t15-,16+,17+,18+,19+,20+,21-,22-,24-,25+/m1/s1. The first-order valence-electron chi connectivity index (χ1n) is 13.0. The van der Waals surface area contributed by atoms with Gasteiger partial charge in [0.05, 0.1) is 13.7 Å². The van der Waals surface area contributed by atoms with Crippen LogP contribution in [0.1, 0.15) is 41.5 Å². The van der Waals surface area contributed by atoms with Crippen molar-refractivity contribution in [3.63, 3.8) is 0 Å². The Labute approximate surface area is 250 Å². The summed E-state index contributed by atoms with van der Waals surface area (Å²) in [5.74, 6) is -1.05. The molecule has 0 radical (unpaired) electrons. The molecule has 44 heavy (non-hydrogen) atoms. The Bertz CT molecular complexity index is 1090. The number of nitrogens with two attached hydrogens (primary N) is 1. The summed E-state index contributed by atoms with van der Waals surface area (Å²) in [4.78, 5) is 89.1. The van der Waals surface area contributed by atoms with Crippen molar-refractivity contribution in [2.45, 2.75) is 103 Å². The molecule has 0 spiro atoms. The minimum atomic E-state index is -1.76. The lowest BCUT2D eigenvalue weighted by Gasteiger charge is -2.45. The van der Waals surface area contributed by atoms with Crippen LogP contribution in [0.5, 0.6) is 0 Å². The minimum Gasteiger partial charge on any atom is -0.467 e. The molecule has 2 aliphatic heterocycles. The van der Waals surface area contributed by atoms with Gasteiger partial charge in [0.2, 0.25) is 6.29 Å². The molecule has 248 valence electrons. The molecule has 0 amide bonds. The maximum absolute atomic E-state index is 12.7. The van der Waals surface area contributed by atoms with Gasteiger partial charge in [-0.05, 0) is 0 Å². The molecule has 0 aromatic rings. The minimum absolute atomic E-state index is 0.663. The first kappa shape index (κ1) is 36.3. The van der Waals surface area contributed by atoms with Gasteiger partial charge in [-0.3, -0.25) is 33.6 Å². The second-order valence-electron chi connectivity index (χ2n) is 9.40. The fourth-order valence-corrected chi connectivity index (χ4v) is 4.50. The Balaban J connectivity index is 2.52. The van der Waals surface area contributed by atoms with E-state index in [-0.39, 0.29) is 0 Å². The van der Waals surface area contributed by atoms with E-state index < -0.39 is 110 Å². The van der Waals surface area contributed by atoms with E-state index in [0.717, 1.165) is 48.7 Å². The summed E-state index contributed by atoms with van der Waals surface area (Å²) < 4.78 is 53.5. The van der Waals surface area contributed by atoms with Crippen molar-refractivity contribution >= 4 is 41.8 Å². The van der Waals surface area contributed by atoms with Crippen LogP contribution in [-0.2, 0) is 85.8 Å². The molecule has 2 fully saturated rings. The van der Waals surface area contributed by atoms with E-state index >= 15 is 0 Å². The fourth-order valence-electron chi connectivity index (χ4n) is 4.50. The van der Waals surface area contributed by atoms with Crippen LogP contribution >= 0.6 is 0 Å². The summed E-state index contributed by atoms with van der Waals surface area (Å²) in [5, 5.41) is 0. The second kappa shape index (κ2) is 16.2. The number of hydrogen-bond donors (Lipinski definition) is 1. The maximum atomic E-state index is 12.7. The predicted octanol–water partition coefficient (Wildman–Crippen LogP) is -1.89. The molecule has 0 aromatic carbocycles. The van der Waals surface area contributed by atoms with Gasteiger partial charge in [-0.15, -0.1) is 0 Å². The number of hydrogen-bond acceptors (Lipinski definition) is 19. The molecule has 2 heterocycles. The normalized spacial score (nSPS) is 31.5. The third-order valence-electron chi connectivity index (χ3n) is 5.89. The maximum Gasteiger partial charge on any atom is 0.339 e. The van der Waals surface area contributed by atoms with Crippen molar-refractivity contribution < 1.29 is 85.8 Å². The molecule has 19 nitrogen and oxygen atoms in total. The van der Waals surface area contributed by atoms with Gasteiger partial charge in [-0.1, -0.05) is 0 Å². The van der Waals surface area contributed by atoms with Crippen molar-refractivity contribution in [3.8, 4) is 0 Å². The van der Waals surface area contributed by atoms with Gasteiger partial charge >= 0.3 is 41.8 Å². The van der Waals surface area contributed by atoms with Crippen LogP contribution < -0.4 is 5.90 Å². The smallest absolute Gasteiger partial charge is 0.339 e. The molecular formula is C25H35NO18. The highest BCUT2D eigenvalue weighted by Gasteiger charge is 2.57. The molecule has 0 bridgehead atoms. The van der Waals surface area contributed by atoms with E-state index in [2.05, 4.69) is 0 Å². The Morgan fingerprint density at radius 1 is 0.545 bits per heavy atom. The molecule has 0 saturated carbocycles. The Hall–Kier alpha value is -3.91. The van der Waals surface area contributed by atoms with Gasteiger partial charge in [0.15, 0.2) is 49.0 Å². The van der Waals surface area contributed by atoms with Crippen molar-refractivity contribution in [1.29, 1.82) is 0 Å². The van der Waals surface area contributed by atoms with Crippen LogP contribution in [0.4, 0.5) is 0 Å². The molecule has 2 rings (SSSR count). The summed E-state index contributed by atoms with van der Waals surface area (Å²) >= 11 is 0. The first-order valence-corrected chi connectivity index (χ1v) is 13.0. The molecule has 19 heteroatoms.